The molecule has 0 spiro atoms. The Balaban J connectivity index is 2.08. The van der Waals surface area contributed by atoms with Gasteiger partial charge in [0, 0.05) is 7.11 Å². The normalized spacial score (nSPS) is 12.3. The van der Waals surface area contributed by atoms with Crippen LogP contribution in [0.15, 0.2) is 24.3 Å². The lowest BCUT2D eigenvalue weighted by atomic mass is 10.1. The molecule has 0 saturated carbocycles. The first kappa shape index (κ1) is 17.1. The third-order valence-corrected chi connectivity index (χ3v) is 2.76. The van der Waals surface area contributed by atoms with Crippen molar-refractivity contribution in [1.82, 2.24) is 0 Å². The zero-order chi connectivity index (χ0) is 14.6. The maximum Gasteiger partial charge on any atom is 0.139 e. The van der Waals surface area contributed by atoms with Crippen LogP contribution in [0, 0.1) is 0 Å². The summed E-state index contributed by atoms with van der Waals surface area (Å²) in [7, 11) is 1.63. The summed E-state index contributed by atoms with van der Waals surface area (Å²) in [5.41, 5.74) is 1.05. The smallest absolute Gasteiger partial charge is 0.139 e. The van der Waals surface area contributed by atoms with E-state index >= 15 is 0 Å². The van der Waals surface area contributed by atoms with Crippen LogP contribution in [-0.4, -0.2) is 48.9 Å². The fourth-order valence-electron chi connectivity index (χ4n) is 1.44. The molecule has 0 aliphatic heterocycles. The quantitative estimate of drug-likeness (QED) is 0.450. The molecule has 1 unspecified atom stereocenters. The third kappa shape index (κ3) is 8.23. The Morgan fingerprint density at radius 3 is 2.20 bits per heavy atom. The first-order chi connectivity index (χ1) is 9.72. The molecule has 0 radical (unpaired) electrons. The van der Waals surface area contributed by atoms with Crippen LogP contribution < -0.4 is 4.18 Å². The number of rotatable bonds is 11. The summed E-state index contributed by atoms with van der Waals surface area (Å²) >= 11 is -2.53. The van der Waals surface area contributed by atoms with Gasteiger partial charge >= 0.3 is 0 Å². The van der Waals surface area contributed by atoms with E-state index in [2.05, 4.69) is 4.18 Å². The van der Waals surface area contributed by atoms with Gasteiger partial charge in [-0.15, -0.1) is 0 Å². The molecule has 0 aliphatic rings. The molecule has 0 aliphatic carbocycles. The third-order valence-electron chi connectivity index (χ3n) is 2.43. The van der Waals surface area contributed by atoms with Crippen molar-refractivity contribution < 1.29 is 27.2 Å². The van der Waals surface area contributed by atoms with Crippen LogP contribution >= 0.6 is 0 Å². The Hall–Kier alpha value is -0.990. The summed E-state index contributed by atoms with van der Waals surface area (Å²) in [6.45, 7) is 2.83. The van der Waals surface area contributed by atoms with Gasteiger partial charge in [-0.1, -0.05) is 12.1 Å². The summed E-state index contributed by atoms with van der Waals surface area (Å²) in [4.78, 5) is 0. The summed E-state index contributed by atoms with van der Waals surface area (Å²) in [6.07, 6.45) is 0.749. The van der Waals surface area contributed by atoms with Gasteiger partial charge in [0.15, 0.2) is 0 Å². The molecular weight excluding hydrogens is 284 g/mol. The molecule has 0 saturated heterocycles. The Bertz CT molecular complexity index is 381. The van der Waals surface area contributed by atoms with Crippen LogP contribution in [0.3, 0.4) is 0 Å². The maximum atomic E-state index is 10.3. The lowest BCUT2D eigenvalue weighted by Crippen LogP contribution is -2.09. The van der Waals surface area contributed by atoms with E-state index in [4.69, 9.17) is 14.2 Å². The molecule has 114 valence electrons. The molecular formula is C13H19O6S-. The first-order valence-corrected chi connectivity index (χ1v) is 7.23. The minimum atomic E-state index is -2.53. The fraction of sp³-hybridized carbons (Fsp3) is 0.538. The van der Waals surface area contributed by atoms with Crippen LogP contribution in [0.2, 0.25) is 0 Å². The molecule has 0 N–H and O–H groups in total. The molecule has 1 rings (SSSR count). The van der Waals surface area contributed by atoms with Crippen LogP contribution in [0.4, 0.5) is 0 Å². The standard InChI is InChI=1S/C13H20O6S/c1-16-8-9-18-11-10-17-7-6-12-2-4-13(5-3-12)19-20(14)15/h2-5H,6-11H2,1H3,(H,14,15)/p-1. The molecule has 1 aromatic carbocycles. The van der Waals surface area contributed by atoms with Gasteiger partial charge in [-0.05, 0) is 24.1 Å². The highest BCUT2D eigenvalue weighted by atomic mass is 32.2. The number of hydrogen-bond acceptors (Lipinski definition) is 6. The van der Waals surface area contributed by atoms with Gasteiger partial charge in [-0.3, -0.25) is 0 Å². The highest BCUT2D eigenvalue weighted by Gasteiger charge is 1.97. The molecule has 0 fully saturated rings. The Labute approximate surface area is 121 Å². The van der Waals surface area contributed by atoms with Crippen molar-refractivity contribution in [2.75, 3.05) is 40.1 Å². The van der Waals surface area contributed by atoms with E-state index < -0.39 is 11.4 Å². The van der Waals surface area contributed by atoms with Crippen LogP contribution in [-0.2, 0) is 32.0 Å². The predicted octanol–water partition coefficient (Wildman–Crippen LogP) is 1.08. The maximum absolute atomic E-state index is 10.3. The average molecular weight is 303 g/mol. The molecule has 0 bridgehead atoms. The van der Waals surface area contributed by atoms with E-state index in [1.54, 1.807) is 31.4 Å². The largest absolute Gasteiger partial charge is 0.740 e. The second kappa shape index (κ2) is 10.8. The Morgan fingerprint density at radius 1 is 1.00 bits per heavy atom. The highest BCUT2D eigenvalue weighted by Crippen LogP contribution is 2.13. The van der Waals surface area contributed by atoms with Gasteiger partial charge in [0.2, 0.25) is 0 Å². The van der Waals surface area contributed by atoms with Crippen molar-refractivity contribution in [3.63, 3.8) is 0 Å². The monoisotopic (exact) mass is 303 g/mol. The number of hydrogen-bond donors (Lipinski definition) is 0. The van der Waals surface area contributed by atoms with Crippen molar-refractivity contribution in [3.05, 3.63) is 29.8 Å². The molecule has 0 amide bonds. The second-order valence-corrected chi connectivity index (χ2v) is 4.47. The Morgan fingerprint density at radius 2 is 1.60 bits per heavy atom. The van der Waals surface area contributed by atoms with Gasteiger partial charge in [-0.25, -0.2) is 4.21 Å². The van der Waals surface area contributed by atoms with Gasteiger partial charge < -0.3 is 22.9 Å². The average Bonchev–Trinajstić information content (AvgIpc) is 2.43. The zero-order valence-electron chi connectivity index (χ0n) is 11.4. The highest BCUT2D eigenvalue weighted by molar-refractivity contribution is 7.74. The number of benzene rings is 1. The molecule has 20 heavy (non-hydrogen) atoms. The molecule has 1 atom stereocenters. The van der Waals surface area contributed by atoms with E-state index in [1.807, 2.05) is 0 Å². The minimum Gasteiger partial charge on any atom is -0.740 e. The lowest BCUT2D eigenvalue weighted by molar-refractivity contribution is 0.0255. The van der Waals surface area contributed by atoms with Crippen molar-refractivity contribution in [2.45, 2.75) is 6.42 Å². The van der Waals surface area contributed by atoms with Crippen LogP contribution in [0.25, 0.3) is 0 Å². The molecule has 1 aromatic rings. The molecule has 6 nitrogen and oxygen atoms in total. The fourth-order valence-corrected chi connectivity index (χ4v) is 1.71. The van der Waals surface area contributed by atoms with Gasteiger partial charge in [0.1, 0.15) is 17.1 Å². The van der Waals surface area contributed by atoms with Crippen molar-refractivity contribution in [1.29, 1.82) is 0 Å². The van der Waals surface area contributed by atoms with Crippen LogP contribution in [0.5, 0.6) is 5.75 Å². The summed E-state index contributed by atoms with van der Waals surface area (Å²) in [5, 5.41) is 0. The summed E-state index contributed by atoms with van der Waals surface area (Å²) in [6, 6.07) is 6.83. The Kier molecular flexibility index (Phi) is 9.18. The van der Waals surface area contributed by atoms with Gasteiger partial charge in [0.25, 0.3) is 0 Å². The second-order valence-electron chi connectivity index (χ2n) is 3.90. The predicted molar refractivity (Wildman–Crippen MR) is 73.2 cm³/mol. The van der Waals surface area contributed by atoms with E-state index in [0.717, 1.165) is 12.0 Å². The van der Waals surface area contributed by atoms with Gasteiger partial charge in [-0.2, -0.15) is 0 Å². The van der Waals surface area contributed by atoms with Gasteiger partial charge in [0.05, 0.1) is 33.0 Å². The lowest BCUT2D eigenvalue weighted by Gasteiger charge is -2.08. The minimum absolute atomic E-state index is 0.301. The van der Waals surface area contributed by atoms with Crippen LogP contribution in [0.1, 0.15) is 5.56 Å². The van der Waals surface area contributed by atoms with E-state index in [9.17, 15) is 8.76 Å². The molecule has 7 heteroatoms. The zero-order valence-corrected chi connectivity index (χ0v) is 12.2. The SMILES string of the molecule is COCCOCCOCCc1ccc(OS(=O)[O-])cc1. The van der Waals surface area contributed by atoms with Crippen molar-refractivity contribution >= 4 is 11.4 Å². The van der Waals surface area contributed by atoms with Crippen molar-refractivity contribution in [2.24, 2.45) is 0 Å². The van der Waals surface area contributed by atoms with E-state index in [-0.39, 0.29) is 0 Å². The number of methoxy groups -OCH3 is 1. The topological polar surface area (TPSA) is 77.0 Å². The summed E-state index contributed by atoms with van der Waals surface area (Å²) in [5.74, 6) is 0.301. The summed E-state index contributed by atoms with van der Waals surface area (Å²) < 4.78 is 40.7. The molecule has 0 aromatic heterocycles. The van der Waals surface area contributed by atoms with Crippen molar-refractivity contribution in [3.8, 4) is 5.75 Å². The first-order valence-electron chi connectivity index (χ1n) is 6.23. The number of ether oxygens (including phenoxy) is 3. The van der Waals surface area contributed by atoms with E-state index in [0.29, 0.717) is 38.8 Å². The molecule has 0 heterocycles. The van der Waals surface area contributed by atoms with E-state index in [1.165, 1.54) is 0 Å².